The number of carbonyl (C=O) groups excluding carboxylic acids is 1. The lowest BCUT2D eigenvalue weighted by Crippen LogP contribution is -2.62. The maximum atomic E-state index is 11.7. The van der Waals surface area contributed by atoms with E-state index in [2.05, 4.69) is 27.7 Å². The van der Waals surface area contributed by atoms with Crippen LogP contribution in [0.15, 0.2) is 0 Å². The summed E-state index contributed by atoms with van der Waals surface area (Å²) >= 11 is 0. The third-order valence-electron chi connectivity index (χ3n) is 11.0. The highest BCUT2D eigenvalue weighted by molar-refractivity contribution is 5.64. The molecule has 0 radical (unpaired) electrons. The number of hydrogen-bond acceptors (Lipinski definition) is 4. The summed E-state index contributed by atoms with van der Waals surface area (Å²) in [5, 5.41) is 33.1. The van der Waals surface area contributed by atoms with Crippen LogP contribution in [-0.4, -0.2) is 28.4 Å². The molecule has 0 heterocycles. The molecule has 4 rings (SSSR count). The highest BCUT2D eigenvalue weighted by Gasteiger charge is 2.64. The molecule has 30 heavy (non-hydrogen) atoms. The Morgan fingerprint density at radius 1 is 1.03 bits per heavy atom. The third-order valence-corrected chi connectivity index (χ3v) is 11.0. The van der Waals surface area contributed by atoms with Crippen LogP contribution in [0, 0.1) is 52.3 Å². The molecule has 2 N–H and O–H groups in total. The maximum Gasteiger partial charge on any atom is 0.0605 e. The Kier molecular flexibility index (Phi) is 6.07. The quantitative estimate of drug-likeness (QED) is 0.711. The molecule has 3 unspecified atom stereocenters. The molecular formula is C26H43O4-. The molecule has 0 aliphatic heterocycles. The first-order valence-electron chi connectivity index (χ1n) is 12.7. The minimum atomic E-state index is -0.933. The normalized spacial score (nSPS) is 51.5. The van der Waals surface area contributed by atoms with Crippen LogP contribution in [0.3, 0.4) is 0 Å². The molecule has 11 atom stereocenters. The number of aliphatic hydroxyl groups is 2. The monoisotopic (exact) mass is 419 g/mol. The predicted octanol–water partition coefficient (Wildman–Crippen LogP) is 3.78. The number of carboxylic acids is 1. The molecule has 172 valence electrons. The number of aliphatic carboxylic acids is 1. The summed E-state index contributed by atoms with van der Waals surface area (Å²) in [5.74, 6) is 2.21. The van der Waals surface area contributed by atoms with Crippen LogP contribution < -0.4 is 5.11 Å². The van der Waals surface area contributed by atoms with E-state index in [1.165, 1.54) is 25.7 Å². The van der Waals surface area contributed by atoms with Gasteiger partial charge in [0, 0.05) is 5.97 Å². The Morgan fingerprint density at radius 3 is 2.37 bits per heavy atom. The second kappa shape index (κ2) is 8.06. The fourth-order valence-corrected chi connectivity index (χ4v) is 9.48. The zero-order valence-electron chi connectivity index (χ0n) is 19.5. The number of aliphatic hydroxyl groups excluding tert-OH is 2. The number of fused-ring (bicyclic) bond motifs is 5. The van der Waals surface area contributed by atoms with Gasteiger partial charge in [0.2, 0.25) is 0 Å². The summed E-state index contributed by atoms with van der Waals surface area (Å²) in [7, 11) is 0. The zero-order valence-corrected chi connectivity index (χ0v) is 19.5. The number of rotatable bonds is 5. The minimum absolute atomic E-state index is 0.160. The van der Waals surface area contributed by atoms with E-state index in [-0.39, 0.29) is 29.5 Å². The maximum absolute atomic E-state index is 11.7. The van der Waals surface area contributed by atoms with Crippen LogP contribution in [0.4, 0.5) is 0 Å². The average Bonchev–Trinajstić information content (AvgIpc) is 3.05. The van der Waals surface area contributed by atoms with Gasteiger partial charge in [-0.05, 0) is 110 Å². The van der Waals surface area contributed by atoms with Gasteiger partial charge >= 0.3 is 0 Å². The van der Waals surface area contributed by atoms with Crippen molar-refractivity contribution < 1.29 is 20.1 Å². The summed E-state index contributed by atoms with van der Waals surface area (Å²) in [4.78, 5) is 11.0. The lowest BCUT2D eigenvalue weighted by Gasteiger charge is -2.64. The Balaban J connectivity index is 1.61. The number of hydrogen-bond donors (Lipinski definition) is 2. The molecule has 0 aromatic carbocycles. The van der Waals surface area contributed by atoms with Crippen LogP contribution in [0.2, 0.25) is 0 Å². The number of carbonyl (C=O) groups is 1. The molecule has 4 aliphatic rings. The zero-order chi connectivity index (χ0) is 21.8. The predicted molar refractivity (Wildman–Crippen MR) is 115 cm³/mol. The van der Waals surface area contributed by atoms with Crippen LogP contribution in [-0.2, 0) is 4.79 Å². The van der Waals surface area contributed by atoms with Crippen LogP contribution >= 0.6 is 0 Å². The van der Waals surface area contributed by atoms with Gasteiger partial charge in [-0.1, -0.05) is 34.1 Å². The van der Waals surface area contributed by atoms with Gasteiger partial charge in [0.1, 0.15) is 0 Å². The van der Waals surface area contributed by atoms with E-state index in [4.69, 9.17) is 0 Å². The van der Waals surface area contributed by atoms with Gasteiger partial charge in [-0.25, -0.2) is 0 Å². The summed E-state index contributed by atoms with van der Waals surface area (Å²) < 4.78 is 0. The summed E-state index contributed by atoms with van der Waals surface area (Å²) in [6.45, 7) is 9.39. The van der Waals surface area contributed by atoms with Crippen molar-refractivity contribution in [2.24, 2.45) is 52.3 Å². The van der Waals surface area contributed by atoms with E-state index >= 15 is 0 Å². The molecule has 0 aromatic rings. The topological polar surface area (TPSA) is 80.6 Å². The molecule has 4 heteroatoms. The second-order valence-corrected chi connectivity index (χ2v) is 12.0. The van der Waals surface area contributed by atoms with Crippen LogP contribution in [0.25, 0.3) is 0 Å². The summed E-state index contributed by atoms with van der Waals surface area (Å²) in [5.41, 5.74) is 0.451. The third kappa shape index (κ3) is 3.36. The molecule has 4 saturated carbocycles. The Hall–Kier alpha value is -0.610. The van der Waals surface area contributed by atoms with E-state index in [0.717, 1.165) is 25.7 Å². The van der Waals surface area contributed by atoms with Gasteiger partial charge in [0.25, 0.3) is 0 Å². The molecule has 0 amide bonds. The molecule has 0 bridgehead atoms. The fraction of sp³-hybridized carbons (Fsp3) is 0.962. The molecule has 0 spiro atoms. The van der Waals surface area contributed by atoms with Gasteiger partial charge in [0.05, 0.1) is 12.2 Å². The highest BCUT2D eigenvalue weighted by Crippen LogP contribution is 2.69. The largest absolute Gasteiger partial charge is 0.550 e. The standard InChI is InChI=1S/C26H44O4/c1-5-17-21-14-16(27)10-12-26(21,4)20-11-13-25(3)18(15(2)6-9-22(28)29)7-8-19(25)23(20)24(17)30/h15-21,23-24,27,30H,5-14H2,1-4H3,(H,28,29)/p-1/t15-,16-,17-,18-,19?,20?,21+,23?,24-,25-,26-/m1/s1. The minimum Gasteiger partial charge on any atom is -0.550 e. The van der Waals surface area contributed by atoms with Crippen molar-refractivity contribution in [2.75, 3.05) is 0 Å². The number of carboxylic acid groups (broad SMARTS) is 1. The summed E-state index contributed by atoms with van der Waals surface area (Å²) in [6, 6.07) is 0. The van der Waals surface area contributed by atoms with Crippen molar-refractivity contribution in [2.45, 2.75) is 104 Å². The SMILES string of the molecule is CC[C@H]1[C@@H](O)C2C3CC[C@H]([C@H](C)CCC(=O)[O-])[C@@]3(C)CCC2[C@@]2(C)CC[C@@H](O)C[C@@H]12. The van der Waals surface area contributed by atoms with E-state index in [1.54, 1.807) is 0 Å². The molecular weight excluding hydrogens is 376 g/mol. The molecule has 0 aromatic heterocycles. The average molecular weight is 420 g/mol. The van der Waals surface area contributed by atoms with Crippen molar-refractivity contribution in [1.29, 1.82) is 0 Å². The van der Waals surface area contributed by atoms with Crippen LogP contribution in [0.5, 0.6) is 0 Å². The molecule has 0 saturated heterocycles. The summed E-state index contributed by atoms with van der Waals surface area (Å²) in [6.07, 6.45) is 8.99. The van der Waals surface area contributed by atoms with Gasteiger partial charge < -0.3 is 20.1 Å². The molecule has 4 aliphatic carbocycles. The van der Waals surface area contributed by atoms with E-state index in [9.17, 15) is 20.1 Å². The van der Waals surface area contributed by atoms with Crippen molar-refractivity contribution in [1.82, 2.24) is 0 Å². The lowest BCUT2D eigenvalue weighted by atomic mass is 9.41. The first kappa shape index (κ1) is 22.6. The van der Waals surface area contributed by atoms with Crippen molar-refractivity contribution in [3.05, 3.63) is 0 Å². The Labute approximate surface area is 182 Å². The van der Waals surface area contributed by atoms with Gasteiger partial charge in [-0.3, -0.25) is 0 Å². The van der Waals surface area contributed by atoms with E-state index < -0.39 is 5.97 Å². The first-order chi connectivity index (χ1) is 14.1. The van der Waals surface area contributed by atoms with Gasteiger partial charge in [0.15, 0.2) is 0 Å². The Bertz CT molecular complexity index is 649. The highest BCUT2D eigenvalue weighted by atomic mass is 16.4. The fourth-order valence-electron chi connectivity index (χ4n) is 9.48. The van der Waals surface area contributed by atoms with Crippen LogP contribution in [0.1, 0.15) is 91.9 Å². The van der Waals surface area contributed by atoms with E-state index in [0.29, 0.717) is 47.8 Å². The molecule has 4 fully saturated rings. The lowest BCUT2D eigenvalue weighted by molar-refractivity contribution is -0.306. The van der Waals surface area contributed by atoms with Crippen molar-refractivity contribution >= 4 is 5.97 Å². The van der Waals surface area contributed by atoms with Crippen molar-refractivity contribution in [3.63, 3.8) is 0 Å². The van der Waals surface area contributed by atoms with Gasteiger partial charge in [-0.15, -0.1) is 0 Å². The van der Waals surface area contributed by atoms with Gasteiger partial charge in [-0.2, -0.15) is 0 Å². The second-order valence-electron chi connectivity index (χ2n) is 12.0. The van der Waals surface area contributed by atoms with E-state index in [1.807, 2.05) is 0 Å². The molecule has 4 nitrogen and oxygen atoms in total. The first-order valence-corrected chi connectivity index (χ1v) is 12.7. The van der Waals surface area contributed by atoms with Crippen molar-refractivity contribution in [3.8, 4) is 0 Å². The Morgan fingerprint density at radius 2 is 1.70 bits per heavy atom. The smallest absolute Gasteiger partial charge is 0.0605 e.